The van der Waals surface area contributed by atoms with Crippen molar-refractivity contribution in [3.63, 3.8) is 0 Å². The fourth-order valence-corrected chi connectivity index (χ4v) is 1.93. The zero-order chi connectivity index (χ0) is 12.1. The summed E-state index contributed by atoms with van der Waals surface area (Å²) in [6.07, 6.45) is 0.748. The van der Waals surface area contributed by atoms with Crippen molar-refractivity contribution in [3.8, 4) is 0 Å². The van der Waals surface area contributed by atoms with Crippen LogP contribution in [0.25, 0.3) is 0 Å². The molecule has 2 nitrogen and oxygen atoms in total. The Balaban J connectivity index is 2.69. The van der Waals surface area contributed by atoms with Crippen molar-refractivity contribution in [1.29, 1.82) is 0 Å². The first kappa shape index (κ1) is 13.8. The van der Waals surface area contributed by atoms with Crippen LogP contribution in [0.5, 0.6) is 0 Å². The third-order valence-corrected chi connectivity index (χ3v) is 3.55. The van der Waals surface area contributed by atoms with Crippen LogP contribution in [0.2, 0.25) is 5.02 Å². The van der Waals surface area contributed by atoms with Crippen molar-refractivity contribution in [3.05, 3.63) is 33.3 Å². The van der Waals surface area contributed by atoms with E-state index in [1.807, 2.05) is 6.92 Å². The van der Waals surface area contributed by atoms with Crippen molar-refractivity contribution in [2.75, 3.05) is 5.88 Å². The van der Waals surface area contributed by atoms with Crippen LogP contribution in [0.15, 0.2) is 22.7 Å². The Hall–Kier alpha value is -0.250. The third-order valence-electron chi connectivity index (χ3n) is 2.10. The van der Waals surface area contributed by atoms with E-state index in [9.17, 15) is 4.79 Å². The minimum Gasteiger partial charge on any atom is -0.350 e. The predicted octanol–water partition coefficient (Wildman–Crippen LogP) is 3.85. The number of halogens is 3. The Bertz CT molecular complexity index is 384. The Kier molecular flexibility index (Phi) is 5.59. The van der Waals surface area contributed by atoms with Gasteiger partial charge in [0, 0.05) is 22.0 Å². The van der Waals surface area contributed by atoms with Gasteiger partial charge in [-0.25, -0.2) is 0 Å². The average Bonchev–Trinajstić information content (AvgIpc) is 2.22. The van der Waals surface area contributed by atoms with Gasteiger partial charge >= 0.3 is 0 Å². The normalized spacial score (nSPS) is 12.2. The molecule has 1 rings (SSSR count). The molecule has 0 aliphatic heterocycles. The van der Waals surface area contributed by atoms with E-state index in [4.69, 9.17) is 23.2 Å². The smallest absolute Gasteiger partial charge is 0.251 e. The zero-order valence-electron chi connectivity index (χ0n) is 8.77. The fraction of sp³-hybridized carbons (Fsp3) is 0.364. The van der Waals surface area contributed by atoms with Crippen LogP contribution in [-0.4, -0.2) is 17.8 Å². The molecule has 16 heavy (non-hydrogen) atoms. The van der Waals surface area contributed by atoms with Gasteiger partial charge in [0.15, 0.2) is 0 Å². The lowest BCUT2D eigenvalue weighted by Gasteiger charge is -2.12. The van der Waals surface area contributed by atoms with Crippen LogP contribution >= 0.6 is 39.1 Å². The quantitative estimate of drug-likeness (QED) is 0.837. The Morgan fingerprint density at radius 3 is 2.81 bits per heavy atom. The highest BCUT2D eigenvalue weighted by atomic mass is 79.9. The first-order valence-electron chi connectivity index (χ1n) is 4.86. The summed E-state index contributed by atoms with van der Waals surface area (Å²) in [5.41, 5.74) is 0.551. The first-order valence-corrected chi connectivity index (χ1v) is 6.57. The van der Waals surface area contributed by atoms with Crippen molar-refractivity contribution in [1.82, 2.24) is 5.32 Å². The predicted molar refractivity (Wildman–Crippen MR) is 71.4 cm³/mol. The Labute approximate surface area is 113 Å². The number of hydrogen-bond acceptors (Lipinski definition) is 1. The number of alkyl halides is 1. The monoisotopic (exact) mass is 323 g/mol. The number of carbonyl (C=O) groups is 1. The van der Waals surface area contributed by atoms with Gasteiger partial charge in [-0.1, -0.05) is 11.6 Å². The van der Waals surface area contributed by atoms with E-state index in [2.05, 4.69) is 21.2 Å². The molecule has 0 spiro atoms. The largest absolute Gasteiger partial charge is 0.350 e. The summed E-state index contributed by atoms with van der Waals surface area (Å²) < 4.78 is 0.777. The number of hydrogen-bond donors (Lipinski definition) is 1. The lowest BCUT2D eigenvalue weighted by Crippen LogP contribution is -2.32. The van der Waals surface area contributed by atoms with Gasteiger partial charge in [0.2, 0.25) is 0 Å². The molecular weight excluding hydrogens is 313 g/mol. The molecule has 0 radical (unpaired) electrons. The highest BCUT2D eigenvalue weighted by molar-refractivity contribution is 9.10. The highest BCUT2D eigenvalue weighted by Crippen LogP contribution is 2.23. The highest BCUT2D eigenvalue weighted by Gasteiger charge is 2.10. The number of rotatable bonds is 4. The molecule has 0 saturated carbocycles. The summed E-state index contributed by atoms with van der Waals surface area (Å²) in [7, 11) is 0. The molecular formula is C11H12BrCl2NO. The van der Waals surface area contributed by atoms with E-state index in [1.165, 1.54) is 0 Å². The Morgan fingerprint density at radius 2 is 2.25 bits per heavy atom. The molecule has 0 fully saturated rings. The molecule has 1 amide bonds. The van der Waals surface area contributed by atoms with Gasteiger partial charge in [-0.3, -0.25) is 4.79 Å². The van der Waals surface area contributed by atoms with Crippen molar-refractivity contribution < 1.29 is 4.79 Å². The van der Waals surface area contributed by atoms with Gasteiger partial charge in [0.05, 0.1) is 5.02 Å². The molecule has 0 aliphatic carbocycles. The lowest BCUT2D eigenvalue weighted by molar-refractivity contribution is 0.0939. The molecule has 5 heteroatoms. The molecule has 0 aliphatic rings. The van der Waals surface area contributed by atoms with Gasteiger partial charge in [-0.15, -0.1) is 11.6 Å². The molecule has 1 N–H and O–H groups in total. The molecule has 0 bridgehead atoms. The van der Waals surface area contributed by atoms with Crippen LogP contribution in [-0.2, 0) is 0 Å². The first-order chi connectivity index (χ1) is 7.54. The van der Waals surface area contributed by atoms with E-state index in [-0.39, 0.29) is 11.9 Å². The molecule has 1 atom stereocenters. The molecule has 0 heterocycles. The van der Waals surface area contributed by atoms with Crippen LogP contribution in [0.1, 0.15) is 23.7 Å². The standard InChI is InChI=1S/C11H12BrCl2NO/c1-7(4-5-13)15-11(16)8-2-3-9(12)10(14)6-8/h2-3,6-7H,4-5H2,1H3,(H,15,16). The van der Waals surface area contributed by atoms with Crippen LogP contribution in [0.4, 0.5) is 0 Å². The van der Waals surface area contributed by atoms with Crippen molar-refractivity contribution in [2.45, 2.75) is 19.4 Å². The van der Waals surface area contributed by atoms with E-state index in [0.717, 1.165) is 10.9 Å². The molecule has 0 saturated heterocycles. The third kappa shape index (κ3) is 3.96. The molecule has 0 aromatic heterocycles. The zero-order valence-corrected chi connectivity index (χ0v) is 11.9. The second kappa shape index (κ2) is 6.48. The van der Waals surface area contributed by atoms with E-state index >= 15 is 0 Å². The van der Waals surface area contributed by atoms with E-state index in [0.29, 0.717) is 16.5 Å². The van der Waals surface area contributed by atoms with Gasteiger partial charge < -0.3 is 5.32 Å². The average molecular weight is 325 g/mol. The molecule has 88 valence electrons. The number of nitrogens with one attached hydrogen (secondary N) is 1. The summed E-state index contributed by atoms with van der Waals surface area (Å²) in [4.78, 5) is 11.8. The molecule has 1 aromatic rings. The van der Waals surface area contributed by atoms with Crippen LogP contribution in [0.3, 0.4) is 0 Å². The number of carbonyl (C=O) groups excluding carboxylic acids is 1. The SMILES string of the molecule is CC(CCCl)NC(=O)c1ccc(Br)c(Cl)c1. The molecule has 1 unspecified atom stereocenters. The van der Waals surface area contributed by atoms with E-state index in [1.54, 1.807) is 18.2 Å². The maximum atomic E-state index is 11.8. The topological polar surface area (TPSA) is 29.1 Å². The summed E-state index contributed by atoms with van der Waals surface area (Å²) in [5.74, 6) is 0.398. The van der Waals surface area contributed by atoms with Crippen LogP contribution < -0.4 is 5.32 Å². The second-order valence-electron chi connectivity index (χ2n) is 3.48. The summed E-state index contributed by atoms with van der Waals surface area (Å²) >= 11 is 14.8. The summed E-state index contributed by atoms with van der Waals surface area (Å²) in [6, 6.07) is 5.17. The van der Waals surface area contributed by atoms with Crippen LogP contribution in [0, 0.1) is 0 Å². The maximum Gasteiger partial charge on any atom is 0.251 e. The minimum absolute atomic E-state index is 0.0624. The summed E-state index contributed by atoms with van der Waals surface area (Å²) in [5, 5.41) is 3.37. The van der Waals surface area contributed by atoms with Gasteiger partial charge in [-0.05, 0) is 47.5 Å². The summed E-state index contributed by atoms with van der Waals surface area (Å²) in [6.45, 7) is 1.92. The Morgan fingerprint density at radius 1 is 1.56 bits per heavy atom. The van der Waals surface area contributed by atoms with Gasteiger partial charge in [0.25, 0.3) is 5.91 Å². The van der Waals surface area contributed by atoms with Gasteiger partial charge in [-0.2, -0.15) is 0 Å². The fourth-order valence-electron chi connectivity index (χ4n) is 1.18. The second-order valence-corrected chi connectivity index (χ2v) is 5.12. The lowest BCUT2D eigenvalue weighted by atomic mass is 10.2. The number of benzene rings is 1. The number of amides is 1. The maximum absolute atomic E-state index is 11.8. The van der Waals surface area contributed by atoms with Gasteiger partial charge in [0.1, 0.15) is 0 Å². The van der Waals surface area contributed by atoms with Crippen molar-refractivity contribution in [2.24, 2.45) is 0 Å². The minimum atomic E-state index is -0.132. The molecule has 1 aromatic carbocycles. The van der Waals surface area contributed by atoms with E-state index < -0.39 is 0 Å². The van der Waals surface area contributed by atoms with Crippen molar-refractivity contribution >= 4 is 45.0 Å².